The number of ether oxygens (including phenoxy) is 3. The van der Waals surface area contributed by atoms with Crippen LogP contribution in [0.15, 0.2) is 36.6 Å². The van der Waals surface area contributed by atoms with E-state index in [1.54, 1.807) is 43.0 Å². The average molecular weight is 439 g/mol. The van der Waals surface area contributed by atoms with Crippen LogP contribution in [0.5, 0.6) is 5.88 Å². The Morgan fingerprint density at radius 3 is 2.39 bits per heavy atom. The summed E-state index contributed by atoms with van der Waals surface area (Å²) in [5.74, 6) is -0.925. The van der Waals surface area contributed by atoms with Crippen LogP contribution in [-0.2, 0) is 27.1 Å². The van der Waals surface area contributed by atoms with Gasteiger partial charge >= 0.3 is 12.1 Å². The van der Waals surface area contributed by atoms with Crippen molar-refractivity contribution in [2.75, 3.05) is 32.2 Å². The highest BCUT2D eigenvalue weighted by Gasteiger charge is 2.34. The van der Waals surface area contributed by atoms with Gasteiger partial charge in [-0.1, -0.05) is 24.3 Å². The number of anilines is 1. The molecule has 2 aromatic rings. The highest BCUT2D eigenvalue weighted by atomic mass is 19.4. The van der Waals surface area contributed by atoms with Crippen molar-refractivity contribution in [2.24, 2.45) is 0 Å². The molecule has 0 fully saturated rings. The van der Waals surface area contributed by atoms with Gasteiger partial charge in [0.05, 0.1) is 20.5 Å². The number of rotatable bonds is 9. The molecule has 0 amide bonds. The Hall–Kier alpha value is -3.30. The Labute approximate surface area is 178 Å². The molecule has 0 N–H and O–H groups in total. The number of alkyl halides is 3. The Morgan fingerprint density at radius 2 is 1.81 bits per heavy atom. The molecule has 0 saturated heterocycles. The van der Waals surface area contributed by atoms with Gasteiger partial charge in [-0.2, -0.15) is 18.2 Å². The quantitative estimate of drug-likeness (QED) is 0.331. The van der Waals surface area contributed by atoms with Crippen LogP contribution in [0.2, 0.25) is 0 Å². The zero-order chi connectivity index (χ0) is 23.0. The third-order valence-corrected chi connectivity index (χ3v) is 4.35. The fourth-order valence-electron chi connectivity index (χ4n) is 2.79. The lowest BCUT2D eigenvalue weighted by molar-refractivity contribution is -0.141. The van der Waals surface area contributed by atoms with Crippen molar-refractivity contribution < 1.29 is 32.2 Å². The van der Waals surface area contributed by atoms with E-state index in [1.807, 2.05) is 0 Å². The summed E-state index contributed by atoms with van der Waals surface area (Å²) in [7, 11) is 2.62. The van der Waals surface area contributed by atoms with E-state index in [2.05, 4.69) is 9.97 Å². The van der Waals surface area contributed by atoms with Gasteiger partial charge in [0, 0.05) is 19.2 Å². The summed E-state index contributed by atoms with van der Waals surface area (Å²) in [4.78, 5) is 21.5. The summed E-state index contributed by atoms with van der Waals surface area (Å²) >= 11 is 0. The summed E-state index contributed by atoms with van der Waals surface area (Å²) in [5, 5.41) is 0. The molecule has 0 aliphatic rings. The van der Waals surface area contributed by atoms with Gasteiger partial charge in [0.1, 0.15) is 12.2 Å². The molecular formula is C21H24F3N3O4. The molecule has 31 heavy (non-hydrogen) atoms. The van der Waals surface area contributed by atoms with E-state index in [9.17, 15) is 18.0 Å². The highest BCUT2D eigenvalue weighted by molar-refractivity contribution is 6.16. The molecule has 1 heterocycles. The number of esters is 1. The normalized spacial score (nSPS) is 11.8. The van der Waals surface area contributed by atoms with Gasteiger partial charge in [0.15, 0.2) is 5.69 Å². The van der Waals surface area contributed by atoms with Crippen molar-refractivity contribution in [1.82, 2.24) is 9.97 Å². The first-order valence-electron chi connectivity index (χ1n) is 9.48. The van der Waals surface area contributed by atoms with Crippen LogP contribution in [0.25, 0.3) is 5.57 Å². The molecule has 0 aliphatic heterocycles. The SMILES string of the molecule is CCN(CC)c1nc(OCc2ccccc2/C(=C\OC)C(=O)OC)cc(C(F)(F)F)n1. The third kappa shape index (κ3) is 6.09. The molecule has 7 nitrogen and oxygen atoms in total. The molecule has 0 aliphatic carbocycles. The second-order valence-corrected chi connectivity index (χ2v) is 6.27. The molecule has 0 radical (unpaired) electrons. The van der Waals surface area contributed by atoms with Crippen LogP contribution >= 0.6 is 0 Å². The largest absolute Gasteiger partial charge is 0.503 e. The van der Waals surface area contributed by atoms with E-state index in [-0.39, 0.29) is 24.0 Å². The number of aromatic nitrogens is 2. The van der Waals surface area contributed by atoms with Crippen molar-refractivity contribution in [3.05, 3.63) is 53.4 Å². The molecule has 0 bridgehead atoms. The van der Waals surface area contributed by atoms with Crippen LogP contribution in [0.1, 0.15) is 30.7 Å². The maximum atomic E-state index is 13.3. The molecule has 0 atom stereocenters. The lowest BCUT2D eigenvalue weighted by atomic mass is 10.0. The third-order valence-electron chi connectivity index (χ3n) is 4.35. The second-order valence-electron chi connectivity index (χ2n) is 6.27. The topological polar surface area (TPSA) is 73.8 Å². The summed E-state index contributed by atoms with van der Waals surface area (Å²) < 4.78 is 55.3. The van der Waals surface area contributed by atoms with Crippen LogP contribution in [0, 0.1) is 0 Å². The van der Waals surface area contributed by atoms with E-state index < -0.39 is 17.8 Å². The first-order valence-corrected chi connectivity index (χ1v) is 9.48. The van der Waals surface area contributed by atoms with Crippen LogP contribution in [-0.4, -0.2) is 43.2 Å². The number of hydrogen-bond acceptors (Lipinski definition) is 7. The lowest BCUT2D eigenvalue weighted by Gasteiger charge is -2.20. The molecule has 1 aromatic carbocycles. The summed E-state index contributed by atoms with van der Waals surface area (Å²) in [6, 6.07) is 7.51. The second kappa shape index (κ2) is 10.6. The van der Waals surface area contributed by atoms with E-state index >= 15 is 0 Å². The first-order chi connectivity index (χ1) is 14.7. The van der Waals surface area contributed by atoms with Gasteiger partial charge in [0.2, 0.25) is 11.8 Å². The molecule has 1 aromatic heterocycles. The van der Waals surface area contributed by atoms with Crippen molar-refractivity contribution in [3.63, 3.8) is 0 Å². The molecular weight excluding hydrogens is 415 g/mol. The van der Waals surface area contributed by atoms with Gasteiger partial charge in [-0.25, -0.2) is 9.78 Å². The highest BCUT2D eigenvalue weighted by Crippen LogP contribution is 2.31. The van der Waals surface area contributed by atoms with Gasteiger partial charge in [0.25, 0.3) is 0 Å². The minimum absolute atomic E-state index is 0.0716. The number of hydrogen-bond donors (Lipinski definition) is 0. The number of carbonyl (C=O) groups excluding carboxylic acids is 1. The van der Waals surface area contributed by atoms with Gasteiger partial charge < -0.3 is 19.1 Å². The van der Waals surface area contributed by atoms with E-state index in [0.717, 1.165) is 6.07 Å². The van der Waals surface area contributed by atoms with E-state index in [0.29, 0.717) is 24.2 Å². The molecule has 2 rings (SSSR count). The Balaban J connectivity index is 2.40. The van der Waals surface area contributed by atoms with E-state index in [1.165, 1.54) is 20.5 Å². The zero-order valence-corrected chi connectivity index (χ0v) is 17.7. The Morgan fingerprint density at radius 1 is 1.13 bits per heavy atom. The fraction of sp³-hybridized carbons (Fsp3) is 0.381. The van der Waals surface area contributed by atoms with Crippen molar-refractivity contribution in [3.8, 4) is 5.88 Å². The standard InChI is InChI=1S/C21H24F3N3O4/c1-5-27(6-2)20-25-17(21(22,23)24)11-18(26-20)31-12-14-9-7-8-10-15(14)16(13-29-3)19(28)30-4/h7-11,13H,5-6,12H2,1-4H3/b16-13+. The number of benzene rings is 1. The summed E-state index contributed by atoms with van der Waals surface area (Å²) in [6.07, 6.45) is -3.42. The minimum Gasteiger partial charge on any atom is -0.503 e. The fourth-order valence-corrected chi connectivity index (χ4v) is 2.79. The average Bonchev–Trinajstić information content (AvgIpc) is 2.76. The molecule has 0 spiro atoms. The number of halogens is 3. The van der Waals surface area contributed by atoms with E-state index in [4.69, 9.17) is 14.2 Å². The molecule has 0 saturated carbocycles. The smallest absolute Gasteiger partial charge is 0.433 e. The lowest BCUT2D eigenvalue weighted by Crippen LogP contribution is -2.25. The van der Waals surface area contributed by atoms with Gasteiger partial charge in [-0.15, -0.1) is 0 Å². The summed E-state index contributed by atoms with van der Waals surface area (Å²) in [6.45, 7) is 4.32. The predicted molar refractivity (Wildman–Crippen MR) is 108 cm³/mol. The van der Waals surface area contributed by atoms with Crippen LogP contribution < -0.4 is 9.64 Å². The Bertz CT molecular complexity index is 928. The van der Waals surface area contributed by atoms with Crippen molar-refractivity contribution >= 4 is 17.5 Å². The summed E-state index contributed by atoms with van der Waals surface area (Å²) in [5.41, 5.74) is 0.0481. The molecule has 10 heteroatoms. The van der Waals surface area contributed by atoms with Gasteiger partial charge in [-0.05, 0) is 25.0 Å². The number of methoxy groups -OCH3 is 2. The maximum absolute atomic E-state index is 13.3. The first kappa shape index (κ1) is 24.0. The monoisotopic (exact) mass is 439 g/mol. The molecule has 0 unspecified atom stereocenters. The number of carbonyl (C=O) groups is 1. The predicted octanol–water partition coefficient (Wildman–Crippen LogP) is 4.08. The van der Waals surface area contributed by atoms with Gasteiger partial charge in [-0.3, -0.25) is 0 Å². The van der Waals surface area contributed by atoms with Crippen LogP contribution in [0.3, 0.4) is 0 Å². The van der Waals surface area contributed by atoms with Crippen LogP contribution in [0.4, 0.5) is 19.1 Å². The maximum Gasteiger partial charge on any atom is 0.433 e. The zero-order valence-electron chi connectivity index (χ0n) is 17.7. The van der Waals surface area contributed by atoms with Crippen molar-refractivity contribution in [2.45, 2.75) is 26.6 Å². The van der Waals surface area contributed by atoms with Crippen molar-refractivity contribution in [1.29, 1.82) is 0 Å². The molecule has 168 valence electrons. The minimum atomic E-state index is -4.65. The number of nitrogens with zero attached hydrogens (tertiary/aromatic N) is 3. The Kier molecular flexibility index (Phi) is 8.23.